The van der Waals surface area contributed by atoms with Crippen molar-refractivity contribution in [2.45, 2.75) is 104 Å². The molecule has 1 aliphatic carbocycles. The maximum absolute atomic E-state index is 14.3. The molecule has 11 heteroatoms. The van der Waals surface area contributed by atoms with Crippen molar-refractivity contribution in [3.8, 4) is 5.75 Å². The van der Waals surface area contributed by atoms with Gasteiger partial charge in [-0.25, -0.2) is 4.79 Å². The van der Waals surface area contributed by atoms with Gasteiger partial charge in [0.15, 0.2) is 5.60 Å². The molecule has 1 aromatic rings. The molecule has 2 N–H and O–H groups in total. The Hall–Kier alpha value is -3.34. The smallest absolute Gasteiger partial charge is 0.410 e. The standard InChI is InChI=1S/C33H50N4O7/c1-9-42-19-23(14-20(2)3)34-28(38)21-15-22(18-36(17-21)31(41)44-32(4,5)6)29(39)37(24-10-11-24)25-12-13-27-26(16-25)35-30(40)33(7,8)43-27/h12-13,16,20-24H,9-11,14-15,17-19H2,1-8H3,(H,34,38)(H,35,40)/t21-,22+,23?/m0/s1. The van der Waals surface area contributed by atoms with Crippen LogP contribution in [-0.4, -0.2) is 78.3 Å². The second-order valence-corrected chi connectivity index (χ2v) is 14.2. The third-order valence-corrected chi connectivity index (χ3v) is 8.00. The van der Waals surface area contributed by atoms with E-state index in [0.717, 1.165) is 19.3 Å². The maximum Gasteiger partial charge on any atom is 0.410 e. The minimum absolute atomic E-state index is 0.00277. The summed E-state index contributed by atoms with van der Waals surface area (Å²) in [5, 5.41) is 6.04. The van der Waals surface area contributed by atoms with E-state index < -0.39 is 29.1 Å². The van der Waals surface area contributed by atoms with Gasteiger partial charge in [0.2, 0.25) is 11.8 Å². The van der Waals surface area contributed by atoms with Crippen molar-refractivity contribution in [1.82, 2.24) is 10.2 Å². The fourth-order valence-electron chi connectivity index (χ4n) is 5.76. The van der Waals surface area contributed by atoms with E-state index >= 15 is 0 Å². The van der Waals surface area contributed by atoms with Gasteiger partial charge in [-0.1, -0.05) is 13.8 Å². The number of ether oxygens (including phenoxy) is 3. The van der Waals surface area contributed by atoms with Gasteiger partial charge in [-0.3, -0.25) is 14.4 Å². The zero-order chi connectivity index (χ0) is 32.4. The number of nitrogens with one attached hydrogen (secondary N) is 2. The first-order chi connectivity index (χ1) is 20.6. The lowest BCUT2D eigenvalue weighted by Crippen LogP contribution is -2.55. The lowest BCUT2D eigenvalue weighted by atomic mass is 9.87. The molecule has 1 saturated carbocycles. The number of hydrogen-bond acceptors (Lipinski definition) is 7. The molecule has 0 radical (unpaired) electrons. The van der Waals surface area contributed by atoms with Gasteiger partial charge in [-0.15, -0.1) is 0 Å². The summed E-state index contributed by atoms with van der Waals surface area (Å²) in [4.78, 5) is 57.1. The summed E-state index contributed by atoms with van der Waals surface area (Å²) in [6.07, 6.45) is 2.20. The van der Waals surface area contributed by atoms with E-state index in [1.165, 1.54) is 4.90 Å². The molecule has 2 fully saturated rings. The number of piperidine rings is 1. The molecular weight excluding hydrogens is 564 g/mol. The Bertz CT molecular complexity index is 1240. The van der Waals surface area contributed by atoms with Crippen molar-refractivity contribution in [3.05, 3.63) is 18.2 Å². The normalized spacial score (nSPS) is 21.9. The van der Waals surface area contributed by atoms with Crippen molar-refractivity contribution in [2.75, 3.05) is 36.5 Å². The highest BCUT2D eigenvalue weighted by Gasteiger charge is 2.44. The highest BCUT2D eigenvalue weighted by molar-refractivity contribution is 6.02. The highest BCUT2D eigenvalue weighted by Crippen LogP contribution is 2.41. The Morgan fingerprint density at radius 2 is 1.84 bits per heavy atom. The monoisotopic (exact) mass is 614 g/mol. The van der Waals surface area contributed by atoms with Crippen LogP contribution in [0, 0.1) is 17.8 Å². The molecule has 4 amide bonds. The van der Waals surface area contributed by atoms with Gasteiger partial charge in [-0.2, -0.15) is 0 Å². The second-order valence-electron chi connectivity index (χ2n) is 14.2. The summed E-state index contributed by atoms with van der Waals surface area (Å²) in [6, 6.07) is 5.19. The molecule has 2 aliphatic heterocycles. The van der Waals surface area contributed by atoms with Crippen LogP contribution in [0.3, 0.4) is 0 Å². The first-order valence-electron chi connectivity index (χ1n) is 15.9. The minimum atomic E-state index is -1.000. The van der Waals surface area contributed by atoms with Crippen molar-refractivity contribution >= 4 is 35.2 Å². The number of hydrogen-bond donors (Lipinski definition) is 2. The number of carbonyl (C=O) groups excluding carboxylic acids is 4. The van der Waals surface area contributed by atoms with E-state index in [1.807, 2.05) is 13.0 Å². The Morgan fingerprint density at radius 1 is 1.16 bits per heavy atom. The number of anilines is 2. The fraction of sp³-hybridized carbons (Fsp3) is 0.697. The lowest BCUT2D eigenvalue weighted by molar-refractivity contribution is -0.131. The van der Waals surface area contributed by atoms with Crippen LogP contribution in [0.2, 0.25) is 0 Å². The van der Waals surface area contributed by atoms with E-state index in [9.17, 15) is 19.2 Å². The molecule has 0 bridgehead atoms. The average Bonchev–Trinajstić information content (AvgIpc) is 3.76. The summed E-state index contributed by atoms with van der Waals surface area (Å²) in [7, 11) is 0. The molecule has 3 aliphatic rings. The number of rotatable bonds is 10. The maximum atomic E-state index is 14.3. The van der Waals surface area contributed by atoms with E-state index in [4.69, 9.17) is 14.2 Å². The predicted octanol–water partition coefficient (Wildman–Crippen LogP) is 4.73. The van der Waals surface area contributed by atoms with E-state index in [0.29, 0.717) is 42.7 Å². The molecule has 4 rings (SSSR count). The summed E-state index contributed by atoms with van der Waals surface area (Å²) < 4.78 is 17.2. The summed E-state index contributed by atoms with van der Waals surface area (Å²) in [5.41, 5.74) is -0.577. The first-order valence-corrected chi connectivity index (χ1v) is 15.9. The summed E-state index contributed by atoms with van der Waals surface area (Å²) in [6.45, 7) is 16.1. The predicted molar refractivity (Wildman–Crippen MR) is 168 cm³/mol. The van der Waals surface area contributed by atoms with Crippen molar-refractivity contribution < 1.29 is 33.4 Å². The highest BCUT2D eigenvalue weighted by atomic mass is 16.6. The third-order valence-electron chi connectivity index (χ3n) is 8.00. The molecular formula is C33H50N4O7. The van der Waals surface area contributed by atoms with E-state index in [2.05, 4.69) is 24.5 Å². The van der Waals surface area contributed by atoms with Gasteiger partial charge >= 0.3 is 6.09 Å². The van der Waals surface area contributed by atoms with E-state index in [1.54, 1.807) is 51.7 Å². The quantitative estimate of drug-likeness (QED) is 0.390. The number of amides is 4. The minimum Gasteiger partial charge on any atom is -0.476 e. The number of carbonyl (C=O) groups is 4. The molecule has 2 heterocycles. The largest absolute Gasteiger partial charge is 0.476 e. The Kier molecular flexibility index (Phi) is 10.2. The molecule has 11 nitrogen and oxygen atoms in total. The molecule has 244 valence electrons. The Labute approximate surface area is 261 Å². The molecule has 3 atom stereocenters. The van der Waals surface area contributed by atoms with Crippen LogP contribution in [0.4, 0.5) is 16.2 Å². The first kappa shape index (κ1) is 33.6. The third kappa shape index (κ3) is 8.43. The van der Waals surface area contributed by atoms with Crippen LogP contribution in [0.15, 0.2) is 18.2 Å². The Balaban J connectivity index is 1.59. The van der Waals surface area contributed by atoms with Gasteiger partial charge in [0.25, 0.3) is 5.91 Å². The van der Waals surface area contributed by atoms with Gasteiger partial charge in [-0.05, 0) is 91.3 Å². The van der Waals surface area contributed by atoms with Crippen molar-refractivity contribution in [1.29, 1.82) is 0 Å². The molecule has 0 aromatic heterocycles. The topological polar surface area (TPSA) is 127 Å². The van der Waals surface area contributed by atoms with Crippen molar-refractivity contribution in [3.63, 3.8) is 0 Å². The van der Waals surface area contributed by atoms with Crippen LogP contribution in [0.5, 0.6) is 5.75 Å². The molecule has 44 heavy (non-hydrogen) atoms. The zero-order valence-electron chi connectivity index (χ0n) is 27.5. The SMILES string of the molecule is CCOCC(CC(C)C)NC(=O)[C@H]1C[C@@H](C(=O)N(c2ccc3c(c2)NC(=O)C(C)(C)O3)C2CC2)CN(C(=O)OC(C)(C)C)C1. The molecule has 0 spiro atoms. The fourth-order valence-corrected chi connectivity index (χ4v) is 5.76. The van der Waals surface area contributed by atoms with Gasteiger partial charge in [0.05, 0.1) is 30.2 Å². The number of fused-ring (bicyclic) bond motifs is 1. The van der Waals surface area contributed by atoms with Crippen LogP contribution in [0.1, 0.15) is 81.1 Å². The molecule has 1 unspecified atom stereocenters. The lowest BCUT2D eigenvalue weighted by Gasteiger charge is -2.39. The van der Waals surface area contributed by atoms with Crippen LogP contribution < -0.4 is 20.3 Å². The molecule has 1 aromatic carbocycles. The van der Waals surface area contributed by atoms with Crippen molar-refractivity contribution in [2.24, 2.45) is 17.8 Å². The average molecular weight is 615 g/mol. The van der Waals surface area contributed by atoms with Crippen LogP contribution >= 0.6 is 0 Å². The Morgan fingerprint density at radius 3 is 2.45 bits per heavy atom. The zero-order valence-corrected chi connectivity index (χ0v) is 27.5. The second kappa shape index (κ2) is 13.3. The van der Waals surface area contributed by atoms with E-state index in [-0.39, 0.29) is 42.9 Å². The van der Waals surface area contributed by atoms with Crippen LogP contribution in [0.25, 0.3) is 0 Å². The number of nitrogens with zero attached hydrogens (tertiary/aromatic N) is 2. The number of benzene rings is 1. The number of likely N-dealkylation sites (tertiary alicyclic amines) is 1. The van der Waals surface area contributed by atoms with Crippen LogP contribution in [-0.2, 0) is 23.9 Å². The van der Waals surface area contributed by atoms with Gasteiger partial charge in [0.1, 0.15) is 11.4 Å². The molecule has 1 saturated heterocycles. The van der Waals surface area contributed by atoms with Gasteiger partial charge < -0.3 is 34.6 Å². The summed E-state index contributed by atoms with van der Waals surface area (Å²) in [5.74, 6) is -0.948. The summed E-state index contributed by atoms with van der Waals surface area (Å²) >= 11 is 0. The van der Waals surface area contributed by atoms with Gasteiger partial charge in [0, 0.05) is 31.4 Å².